The van der Waals surface area contributed by atoms with Crippen LogP contribution in [0.15, 0.2) is 0 Å². The van der Waals surface area contributed by atoms with Crippen molar-refractivity contribution in [2.75, 3.05) is 20.3 Å². The third kappa shape index (κ3) is 2.23. The van der Waals surface area contributed by atoms with Gasteiger partial charge in [0.25, 0.3) is 0 Å². The number of hydrogen-bond donors (Lipinski definition) is 1. The van der Waals surface area contributed by atoms with Gasteiger partial charge in [-0.1, -0.05) is 0 Å². The lowest BCUT2D eigenvalue weighted by Gasteiger charge is -2.22. The first-order chi connectivity index (χ1) is 6.70. The molecule has 1 fully saturated rings. The van der Waals surface area contributed by atoms with Crippen LogP contribution in [0.2, 0.25) is 0 Å². The zero-order valence-electron chi connectivity index (χ0n) is 8.23. The van der Waals surface area contributed by atoms with Crippen LogP contribution in [0.3, 0.4) is 0 Å². The first-order valence-electron chi connectivity index (χ1n) is 4.69. The van der Waals surface area contributed by atoms with Crippen LogP contribution in [0.4, 0.5) is 0 Å². The lowest BCUT2D eigenvalue weighted by atomic mass is 10.2. The first-order valence-corrected chi connectivity index (χ1v) is 4.69. The highest BCUT2D eigenvalue weighted by atomic mass is 16.5. The summed E-state index contributed by atoms with van der Waals surface area (Å²) in [6.45, 7) is 0.405. The van der Waals surface area contributed by atoms with Crippen LogP contribution in [0.25, 0.3) is 0 Å². The molecule has 1 unspecified atom stereocenters. The summed E-state index contributed by atoms with van der Waals surface area (Å²) in [4.78, 5) is 24.2. The number of aliphatic hydroxyl groups excluding tert-OH is 1. The molecule has 0 saturated carbocycles. The van der Waals surface area contributed by atoms with Gasteiger partial charge >= 0.3 is 5.97 Å². The van der Waals surface area contributed by atoms with E-state index in [1.807, 2.05) is 0 Å². The molecule has 14 heavy (non-hydrogen) atoms. The summed E-state index contributed by atoms with van der Waals surface area (Å²) in [7, 11) is 1.31. The van der Waals surface area contributed by atoms with Crippen LogP contribution in [-0.4, -0.2) is 48.2 Å². The number of rotatable bonds is 3. The Bertz CT molecular complexity index is 229. The van der Waals surface area contributed by atoms with E-state index in [0.29, 0.717) is 13.0 Å². The molecule has 1 atom stereocenters. The van der Waals surface area contributed by atoms with Gasteiger partial charge in [0.1, 0.15) is 6.04 Å². The van der Waals surface area contributed by atoms with Gasteiger partial charge in [0.2, 0.25) is 5.91 Å². The van der Waals surface area contributed by atoms with Crippen LogP contribution < -0.4 is 0 Å². The molecule has 0 aliphatic carbocycles. The van der Waals surface area contributed by atoms with E-state index < -0.39 is 6.04 Å². The van der Waals surface area contributed by atoms with Crippen molar-refractivity contribution >= 4 is 11.9 Å². The standard InChI is InChI=1S/C9H15NO4/c1-14-9(13)7-3-2-5-10(7)8(12)4-6-11/h7,11H,2-6H2,1H3. The molecule has 0 spiro atoms. The second-order valence-corrected chi connectivity index (χ2v) is 3.24. The summed E-state index contributed by atoms with van der Waals surface area (Å²) in [5, 5.41) is 8.62. The number of amides is 1. The number of aliphatic hydroxyl groups is 1. The molecular weight excluding hydrogens is 186 g/mol. The summed E-state index contributed by atoms with van der Waals surface area (Å²) in [5.74, 6) is -0.547. The van der Waals surface area contributed by atoms with Crippen LogP contribution in [0.5, 0.6) is 0 Å². The maximum absolute atomic E-state index is 11.4. The van der Waals surface area contributed by atoms with Crippen molar-refractivity contribution in [3.8, 4) is 0 Å². The van der Waals surface area contributed by atoms with Crippen LogP contribution in [0, 0.1) is 0 Å². The van der Waals surface area contributed by atoms with Gasteiger partial charge < -0.3 is 14.7 Å². The molecule has 1 aliphatic heterocycles. The van der Waals surface area contributed by atoms with Crippen molar-refractivity contribution in [2.24, 2.45) is 0 Å². The van der Waals surface area contributed by atoms with Crippen molar-refractivity contribution in [3.63, 3.8) is 0 Å². The van der Waals surface area contributed by atoms with Gasteiger partial charge in [-0.25, -0.2) is 4.79 Å². The van der Waals surface area contributed by atoms with E-state index >= 15 is 0 Å². The Kier molecular flexibility index (Phi) is 3.88. The maximum Gasteiger partial charge on any atom is 0.328 e. The molecule has 0 radical (unpaired) electrons. The topological polar surface area (TPSA) is 66.8 Å². The molecule has 0 aromatic rings. The summed E-state index contributed by atoms with van der Waals surface area (Å²) < 4.78 is 4.60. The fraction of sp³-hybridized carbons (Fsp3) is 0.778. The van der Waals surface area contributed by atoms with Crippen LogP contribution in [0.1, 0.15) is 19.3 Å². The molecule has 0 bridgehead atoms. The maximum atomic E-state index is 11.4. The summed E-state index contributed by atoms with van der Waals surface area (Å²) in [5.41, 5.74) is 0. The fourth-order valence-electron chi connectivity index (χ4n) is 1.69. The van der Waals surface area contributed by atoms with Gasteiger partial charge in [-0.15, -0.1) is 0 Å². The highest BCUT2D eigenvalue weighted by molar-refractivity contribution is 5.85. The quantitative estimate of drug-likeness (QED) is 0.627. The Morgan fingerprint density at radius 3 is 2.86 bits per heavy atom. The molecule has 1 rings (SSSR count). The third-order valence-electron chi connectivity index (χ3n) is 2.37. The number of methoxy groups -OCH3 is 1. The van der Waals surface area contributed by atoms with E-state index in [1.165, 1.54) is 12.0 Å². The predicted octanol–water partition coefficient (Wildman–Crippen LogP) is -0.467. The number of likely N-dealkylation sites (tertiary alicyclic amines) is 1. The average Bonchev–Trinajstić information content (AvgIpc) is 2.65. The van der Waals surface area contributed by atoms with Gasteiger partial charge in [0.15, 0.2) is 0 Å². The Hall–Kier alpha value is -1.10. The van der Waals surface area contributed by atoms with Crippen molar-refractivity contribution in [1.82, 2.24) is 4.90 Å². The summed E-state index contributed by atoms with van der Waals surface area (Å²) >= 11 is 0. The fourth-order valence-corrected chi connectivity index (χ4v) is 1.69. The highest BCUT2D eigenvalue weighted by Crippen LogP contribution is 2.18. The molecule has 5 heteroatoms. The molecule has 1 N–H and O–H groups in total. The zero-order valence-corrected chi connectivity index (χ0v) is 8.23. The summed E-state index contributed by atoms with van der Waals surface area (Å²) in [6.07, 6.45) is 1.55. The van der Waals surface area contributed by atoms with E-state index in [-0.39, 0.29) is 24.9 Å². The minimum absolute atomic E-state index is 0.0769. The van der Waals surface area contributed by atoms with Crippen molar-refractivity contribution < 1.29 is 19.4 Å². The van der Waals surface area contributed by atoms with Crippen LogP contribution in [-0.2, 0) is 14.3 Å². The SMILES string of the molecule is COC(=O)C1CCCN1C(=O)CCO. The van der Waals surface area contributed by atoms with Gasteiger partial charge in [-0.05, 0) is 12.8 Å². The van der Waals surface area contributed by atoms with Gasteiger partial charge in [-0.3, -0.25) is 4.79 Å². The number of carbonyl (C=O) groups is 2. The monoisotopic (exact) mass is 201 g/mol. The van der Waals surface area contributed by atoms with Crippen LogP contribution >= 0.6 is 0 Å². The molecule has 5 nitrogen and oxygen atoms in total. The molecule has 0 aromatic heterocycles. The van der Waals surface area contributed by atoms with Gasteiger partial charge in [0, 0.05) is 13.0 Å². The highest BCUT2D eigenvalue weighted by Gasteiger charge is 2.34. The predicted molar refractivity (Wildman–Crippen MR) is 48.5 cm³/mol. The number of ether oxygens (including phenoxy) is 1. The van der Waals surface area contributed by atoms with Gasteiger partial charge in [-0.2, -0.15) is 0 Å². The Labute approximate surface area is 82.6 Å². The zero-order chi connectivity index (χ0) is 10.6. The second kappa shape index (κ2) is 4.95. The molecule has 1 saturated heterocycles. The van der Waals surface area contributed by atoms with Gasteiger partial charge in [0.05, 0.1) is 13.7 Å². The number of carbonyl (C=O) groups excluding carboxylic acids is 2. The van der Waals surface area contributed by atoms with E-state index in [4.69, 9.17) is 5.11 Å². The molecule has 0 aromatic carbocycles. The average molecular weight is 201 g/mol. The molecule has 1 amide bonds. The lowest BCUT2D eigenvalue weighted by Crippen LogP contribution is -2.41. The second-order valence-electron chi connectivity index (χ2n) is 3.24. The van der Waals surface area contributed by atoms with E-state index in [2.05, 4.69) is 4.74 Å². The molecule has 1 heterocycles. The lowest BCUT2D eigenvalue weighted by molar-refractivity contribution is -0.151. The Morgan fingerprint density at radius 2 is 2.29 bits per heavy atom. The molecule has 80 valence electrons. The van der Waals surface area contributed by atoms with Crippen molar-refractivity contribution in [2.45, 2.75) is 25.3 Å². The third-order valence-corrected chi connectivity index (χ3v) is 2.37. The largest absolute Gasteiger partial charge is 0.467 e. The smallest absolute Gasteiger partial charge is 0.328 e. The van der Waals surface area contributed by atoms with E-state index in [1.54, 1.807) is 0 Å². The number of esters is 1. The Balaban J connectivity index is 2.59. The summed E-state index contributed by atoms with van der Waals surface area (Å²) in [6, 6.07) is -0.445. The number of hydrogen-bond acceptors (Lipinski definition) is 4. The minimum atomic E-state index is -0.445. The van der Waals surface area contributed by atoms with Crippen molar-refractivity contribution in [1.29, 1.82) is 0 Å². The van der Waals surface area contributed by atoms with Crippen molar-refractivity contribution in [3.05, 3.63) is 0 Å². The molecule has 1 aliphatic rings. The first kappa shape index (κ1) is 11.0. The molecular formula is C9H15NO4. The van der Waals surface area contributed by atoms with E-state index in [0.717, 1.165) is 6.42 Å². The van der Waals surface area contributed by atoms with E-state index in [9.17, 15) is 9.59 Å². The minimum Gasteiger partial charge on any atom is -0.467 e. The number of nitrogens with zero attached hydrogens (tertiary/aromatic N) is 1. The Morgan fingerprint density at radius 1 is 1.57 bits per heavy atom. The normalized spacial score (nSPS) is 21.0.